The third kappa shape index (κ3) is 4.11. The molecular weight excluding hydrogens is 360 g/mol. The summed E-state index contributed by atoms with van der Waals surface area (Å²) in [5.74, 6) is 0.422. The molecule has 2 nitrogen and oxygen atoms in total. The van der Waals surface area contributed by atoms with Crippen LogP contribution in [0.1, 0.15) is 23.7 Å². The van der Waals surface area contributed by atoms with Crippen LogP contribution in [0.25, 0.3) is 0 Å². The molecule has 1 aromatic carbocycles. The molecule has 0 heterocycles. The molecular formula is C11H12Cl2INO. The summed E-state index contributed by atoms with van der Waals surface area (Å²) < 4.78 is 0.935. The highest BCUT2D eigenvalue weighted by molar-refractivity contribution is 14.1. The maximum absolute atomic E-state index is 11.8. The van der Waals surface area contributed by atoms with E-state index in [1.165, 1.54) is 0 Å². The molecule has 0 aliphatic rings. The van der Waals surface area contributed by atoms with Crippen LogP contribution in [0, 0.1) is 3.57 Å². The highest BCUT2D eigenvalue weighted by Gasteiger charge is 2.10. The van der Waals surface area contributed by atoms with Gasteiger partial charge in [0, 0.05) is 21.1 Å². The lowest BCUT2D eigenvalue weighted by Gasteiger charge is -2.12. The standard InChI is InChI=1S/C11H12Cl2INO/c1-7(4-5-12)15-11(16)8-2-3-10(14)9(13)6-8/h2-3,6-7H,4-5H2,1H3,(H,15,16). The van der Waals surface area contributed by atoms with Gasteiger partial charge in [-0.2, -0.15) is 0 Å². The number of alkyl halides is 1. The van der Waals surface area contributed by atoms with Crippen molar-refractivity contribution in [1.82, 2.24) is 5.32 Å². The normalized spacial score (nSPS) is 12.2. The Labute approximate surface area is 119 Å². The van der Waals surface area contributed by atoms with Crippen molar-refractivity contribution in [3.63, 3.8) is 0 Å². The minimum absolute atomic E-state index is 0.0723. The van der Waals surface area contributed by atoms with Crippen molar-refractivity contribution in [3.8, 4) is 0 Å². The molecule has 0 spiro atoms. The first-order valence-electron chi connectivity index (χ1n) is 4.86. The zero-order valence-electron chi connectivity index (χ0n) is 8.77. The van der Waals surface area contributed by atoms with E-state index in [1.807, 2.05) is 13.0 Å². The van der Waals surface area contributed by atoms with Crippen molar-refractivity contribution in [2.45, 2.75) is 19.4 Å². The number of hydrogen-bond donors (Lipinski definition) is 1. The van der Waals surface area contributed by atoms with E-state index in [2.05, 4.69) is 27.9 Å². The summed E-state index contributed by atoms with van der Waals surface area (Å²) in [6, 6.07) is 5.33. The molecule has 88 valence electrons. The summed E-state index contributed by atoms with van der Waals surface area (Å²) in [4.78, 5) is 11.8. The van der Waals surface area contributed by atoms with Crippen LogP contribution in [-0.4, -0.2) is 17.8 Å². The quantitative estimate of drug-likeness (QED) is 0.634. The Balaban J connectivity index is 2.69. The molecule has 1 amide bonds. The molecule has 1 rings (SSSR count). The van der Waals surface area contributed by atoms with Gasteiger partial charge in [-0.15, -0.1) is 11.6 Å². The van der Waals surface area contributed by atoms with Crippen molar-refractivity contribution in [2.24, 2.45) is 0 Å². The zero-order valence-corrected chi connectivity index (χ0v) is 12.4. The molecule has 0 aromatic heterocycles. The average Bonchev–Trinajstić information content (AvgIpc) is 2.22. The summed E-state index contributed by atoms with van der Waals surface area (Å²) in [6.07, 6.45) is 0.755. The van der Waals surface area contributed by atoms with Crippen molar-refractivity contribution in [2.75, 3.05) is 5.88 Å². The Morgan fingerprint density at radius 3 is 2.81 bits per heavy atom. The van der Waals surface area contributed by atoms with Crippen LogP contribution >= 0.6 is 45.8 Å². The number of carbonyl (C=O) groups excluding carboxylic acids is 1. The molecule has 0 aliphatic heterocycles. The van der Waals surface area contributed by atoms with Crippen LogP contribution in [0.4, 0.5) is 0 Å². The molecule has 5 heteroatoms. The number of halogens is 3. The van der Waals surface area contributed by atoms with E-state index in [1.54, 1.807) is 12.1 Å². The second-order valence-electron chi connectivity index (χ2n) is 3.48. The van der Waals surface area contributed by atoms with Gasteiger partial charge in [0.25, 0.3) is 5.91 Å². The minimum Gasteiger partial charge on any atom is -0.350 e. The van der Waals surface area contributed by atoms with Gasteiger partial charge < -0.3 is 5.32 Å². The topological polar surface area (TPSA) is 29.1 Å². The van der Waals surface area contributed by atoms with Crippen molar-refractivity contribution < 1.29 is 4.79 Å². The molecule has 0 saturated heterocycles. The molecule has 0 radical (unpaired) electrons. The van der Waals surface area contributed by atoms with E-state index < -0.39 is 0 Å². The Morgan fingerprint density at radius 2 is 2.25 bits per heavy atom. The van der Waals surface area contributed by atoms with Crippen LogP contribution in [0.3, 0.4) is 0 Å². The number of carbonyl (C=O) groups is 1. The molecule has 0 saturated carbocycles. The second-order valence-corrected chi connectivity index (χ2v) is 5.43. The molecule has 1 aromatic rings. The van der Waals surface area contributed by atoms with Crippen LogP contribution in [0.2, 0.25) is 5.02 Å². The Hall–Kier alpha value is -0.0000000000000000555. The molecule has 1 atom stereocenters. The smallest absolute Gasteiger partial charge is 0.251 e. The number of benzene rings is 1. The molecule has 16 heavy (non-hydrogen) atoms. The van der Waals surface area contributed by atoms with Gasteiger partial charge in [-0.05, 0) is 54.1 Å². The Morgan fingerprint density at radius 1 is 1.56 bits per heavy atom. The SMILES string of the molecule is CC(CCCl)NC(=O)c1ccc(I)c(Cl)c1. The molecule has 0 aliphatic carbocycles. The number of rotatable bonds is 4. The fourth-order valence-corrected chi connectivity index (χ4v) is 2.02. The van der Waals surface area contributed by atoms with Crippen LogP contribution in [0.15, 0.2) is 18.2 Å². The lowest BCUT2D eigenvalue weighted by molar-refractivity contribution is 0.0939. The summed E-state index contributed by atoms with van der Waals surface area (Å²) >= 11 is 13.7. The second kappa shape index (κ2) is 6.67. The first kappa shape index (κ1) is 14.1. The number of amides is 1. The van der Waals surface area contributed by atoms with Crippen LogP contribution < -0.4 is 5.32 Å². The average molecular weight is 372 g/mol. The number of hydrogen-bond acceptors (Lipinski definition) is 1. The van der Waals surface area contributed by atoms with Crippen molar-refractivity contribution in [3.05, 3.63) is 32.4 Å². The highest BCUT2D eigenvalue weighted by Crippen LogP contribution is 2.19. The third-order valence-corrected chi connectivity index (χ3v) is 3.89. The maximum atomic E-state index is 11.8. The maximum Gasteiger partial charge on any atom is 0.251 e. The lowest BCUT2D eigenvalue weighted by Crippen LogP contribution is -2.32. The summed E-state index contributed by atoms with van der Waals surface area (Å²) in [7, 11) is 0. The fourth-order valence-electron chi connectivity index (χ4n) is 1.18. The van der Waals surface area contributed by atoms with E-state index in [4.69, 9.17) is 23.2 Å². The van der Waals surface area contributed by atoms with Gasteiger partial charge >= 0.3 is 0 Å². The van der Waals surface area contributed by atoms with E-state index in [0.717, 1.165) is 9.99 Å². The van der Waals surface area contributed by atoms with Gasteiger partial charge in [0.05, 0.1) is 5.02 Å². The van der Waals surface area contributed by atoms with Gasteiger partial charge in [-0.3, -0.25) is 4.79 Å². The third-order valence-electron chi connectivity index (χ3n) is 2.10. The molecule has 0 bridgehead atoms. The van der Waals surface area contributed by atoms with Crippen molar-refractivity contribution in [1.29, 1.82) is 0 Å². The largest absolute Gasteiger partial charge is 0.350 e. The summed E-state index contributed by atoms with van der Waals surface area (Å²) in [6.45, 7) is 1.93. The summed E-state index contributed by atoms with van der Waals surface area (Å²) in [5, 5.41) is 3.45. The number of nitrogens with one attached hydrogen (secondary N) is 1. The van der Waals surface area contributed by atoms with Gasteiger partial charge in [0.2, 0.25) is 0 Å². The van der Waals surface area contributed by atoms with Gasteiger partial charge in [-0.1, -0.05) is 11.6 Å². The van der Waals surface area contributed by atoms with Gasteiger partial charge in [-0.25, -0.2) is 0 Å². The van der Waals surface area contributed by atoms with E-state index in [-0.39, 0.29) is 11.9 Å². The van der Waals surface area contributed by atoms with Gasteiger partial charge in [0.15, 0.2) is 0 Å². The molecule has 1 unspecified atom stereocenters. The highest BCUT2D eigenvalue weighted by atomic mass is 127. The van der Waals surface area contributed by atoms with Gasteiger partial charge in [0.1, 0.15) is 0 Å². The monoisotopic (exact) mass is 371 g/mol. The first-order chi connectivity index (χ1) is 7.54. The Bertz CT molecular complexity index is 384. The first-order valence-corrected chi connectivity index (χ1v) is 6.85. The van der Waals surface area contributed by atoms with E-state index in [9.17, 15) is 4.79 Å². The predicted octanol–water partition coefficient (Wildman–Crippen LogP) is 3.69. The van der Waals surface area contributed by atoms with E-state index >= 15 is 0 Å². The van der Waals surface area contributed by atoms with Crippen molar-refractivity contribution >= 4 is 51.7 Å². The molecule has 1 N–H and O–H groups in total. The minimum atomic E-state index is -0.115. The fraction of sp³-hybridized carbons (Fsp3) is 0.364. The summed E-state index contributed by atoms with van der Waals surface area (Å²) in [5.41, 5.74) is 0.576. The van der Waals surface area contributed by atoms with Crippen LogP contribution in [0.5, 0.6) is 0 Å². The van der Waals surface area contributed by atoms with E-state index in [0.29, 0.717) is 16.5 Å². The zero-order chi connectivity index (χ0) is 12.1. The predicted molar refractivity (Wildman–Crippen MR) is 76.4 cm³/mol. The Kier molecular flexibility index (Phi) is 5.86. The van der Waals surface area contributed by atoms with Crippen LogP contribution in [-0.2, 0) is 0 Å². The lowest BCUT2D eigenvalue weighted by atomic mass is 10.2. The molecule has 0 fully saturated rings.